The summed E-state index contributed by atoms with van der Waals surface area (Å²) in [6.07, 6.45) is 0. The van der Waals surface area contributed by atoms with Gasteiger partial charge in [0, 0.05) is 5.69 Å². The molecule has 0 spiro atoms. The minimum absolute atomic E-state index is 0.323. The van der Waals surface area contributed by atoms with Crippen LogP contribution in [-0.2, 0) is 14.8 Å². The van der Waals surface area contributed by atoms with Gasteiger partial charge >= 0.3 is 5.97 Å². The smallest absolute Gasteiger partial charge is 0.322 e. The van der Waals surface area contributed by atoms with Gasteiger partial charge < -0.3 is 15.2 Å². The monoisotopic (exact) mass is 288 g/mol. The van der Waals surface area contributed by atoms with Crippen LogP contribution in [0.4, 0.5) is 5.69 Å². The van der Waals surface area contributed by atoms with E-state index in [0.29, 0.717) is 17.0 Å². The van der Waals surface area contributed by atoms with Crippen LogP contribution in [0.1, 0.15) is 17.7 Å². The second-order valence-electron chi connectivity index (χ2n) is 3.93. The first-order valence-electron chi connectivity index (χ1n) is 5.41. The Labute approximate surface area is 111 Å². The lowest BCUT2D eigenvalue weighted by Crippen LogP contribution is -2.21. The number of aliphatic carboxylic acids is 1. The highest BCUT2D eigenvalue weighted by atomic mass is 32.2. The van der Waals surface area contributed by atoms with Crippen molar-refractivity contribution < 1.29 is 23.1 Å². The van der Waals surface area contributed by atoms with Crippen LogP contribution in [0.5, 0.6) is 5.75 Å². The second kappa shape index (κ2) is 5.89. The zero-order chi connectivity index (χ0) is 14.6. The van der Waals surface area contributed by atoms with Crippen LogP contribution < -0.4 is 15.2 Å². The lowest BCUT2D eigenvalue weighted by molar-refractivity contribution is -0.134. The molecule has 0 aliphatic heterocycles. The Balaban J connectivity index is 3.19. The fourth-order valence-corrected chi connectivity index (χ4v) is 2.06. The summed E-state index contributed by atoms with van der Waals surface area (Å²) in [5, 5.41) is 15.4. The number of hydrogen-bond acceptors (Lipinski definition) is 5. The Morgan fingerprint density at radius 1 is 1.53 bits per heavy atom. The van der Waals surface area contributed by atoms with Crippen molar-refractivity contribution in [2.24, 2.45) is 5.14 Å². The highest BCUT2D eigenvalue weighted by molar-refractivity contribution is 7.89. The highest BCUT2D eigenvalue weighted by Gasteiger charge is 2.22. The number of hydrogen-bond donors (Lipinski definition) is 3. The Kier molecular flexibility index (Phi) is 4.73. The Bertz CT molecular complexity index is 570. The van der Waals surface area contributed by atoms with Crippen molar-refractivity contribution in [1.29, 1.82) is 0 Å². The van der Waals surface area contributed by atoms with E-state index in [1.54, 1.807) is 12.1 Å². The molecule has 0 bridgehead atoms. The van der Waals surface area contributed by atoms with E-state index in [9.17, 15) is 13.2 Å². The maximum atomic E-state index is 11.4. The molecule has 106 valence electrons. The molecule has 1 atom stereocenters. The molecule has 0 saturated carbocycles. The number of primary sulfonamides is 1. The molecule has 1 unspecified atom stereocenters. The van der Waals surface area contributed by atoms with Gasteiger partial charge in [0.15, 0.2) is 0 Å². The van der Waals surface area contributed by atoms with Gasteiger partial charge in [-0.05, 0) is 30.7 Å². The molecule has 0 amide bonds. The number of carboxylic acid groups (broad SMARTS) is 1. The Morgan fingerprint density at radius 3 is 2.63 bits per heavy atom. The van der Waals surface area contributed by atoms with Gasteiger partial charge in [0.2, 0.25) is 10.0 Å². The Hall–Kier alpha value is -1.80. The van der Waals surface area contributed by atoms with E-state index < -0.39 is 21.2 Å². The number of nitrogens with two attached hydrogens (primary N) is 1. The molecular formula is C11H16N2O5S. The number of carboxylic acids is 1. The number of benzene rings is 1. The van der Waals surface area contributed by atoms with E-state index in [2.05, 4.69) is 5.32 Å². The average molecular weight is 288 g/mol. The van der Waals surface area contributed by atoms with Crippen molar-refractivity contribution in [1.82, 2.24) is 0 Å². The number of carbonyl (C=O) groups is 1. The minimum Gasteiger partial charge on any atom is -0.497 e. The molecule has 1 aromatic rings. The first-order valence-corrected chi connectivity index (χ1v) is 7.02. The van der Waals surface area contributed by atoms with E-state index >= 15 is 0 Å². The molecule has 0 radical (unpaired) electrons. The zero-order valence-electron chi connectivity index (χ0n) is 10.6. The molecule has 0 saturated heterocycles. The molecule has 7 nitrogen and oxygen atoms in total. The normalized spacial score (nSPS) is 12.8. The fourth-order valence-electron chi connectivity index (χ4n) is 1.51. The quantitative estimate of drug-likeness (QED) is 0.703. The molecule has 8 heteroatoms. The van der Waals surface area contributed by atoms with E-state index in [1.807, 2.05) is 0 Å². The van der Waals surface area contributed by atoms with Gasteiger partial charge in [-0.15, -0.1) is 0 Å². The van der Waals surface area contributed by atoms with Gasteiger partial charge in [0.25, 0.3) is 0 Å². The van der Waals surface area contributed by atoms with Crippen molar-refractivity contribution in [2.45, 2.75) is 12.2 Å². The molecular weight excluding hydrogens is 272 g/mol. The van der Waals surface area contributed by atoms with Crippen LogP contribution in [0.3, 0.4) is 0 Å². The highest BCUT2D eigenvalue weighted by Crippen LogP contribution is 2.30. The lowest BCUT2D eigenvalue weighted by Gasteiger charge is -2.16. The number of sulfonamides is 1. The zero-order valence-corrected chi connectivity index (χ0v) is 11.4. The first kappa shape index (κ1) is 15.3. The van der Waals surface area contributed by atoms with Gasteiger partial charge in [-0.2, -0.15) is 0 Å². The van der Waals surface area contributed by atoms with E-state index in [1.165, 1.54) is 20.1 Å². The number of rotatable bonds is 6. The minimum atomic E-state index is -3.78. The van der Waals surface area contributed by atoms with Gasteiger partial charge in [-0.25, -0.2) is 13.6 Å². The van der Waals surface area contributed by atoms with Crippen molar-refractivity contribution in [2.75, 3.05) is 19.0 Å². The predicted octanol–water partition coefficient (Wildman–Crippen LogP) is 0.541. The summed E-state index contributed by atoms with van der Waals surface area (Å²) in [6, 6.07) is 4.67. The van der Waals surface area contributed by atoms with Crippen LogP contribution >= 0.6 is 0 Å². The van der Waals surface area contributed by atoms with Crippen molar-refractivity contribution in [3.05, 3.63) is 23.8 Å². The van der Waals surface area contributed by atoms with Gasteiger partial charge in [0.1, 0.15) is 12.3 Å². The van der Waals surface area contributed by atoms with Crippen molar-refractivity contribution in [3.63, 3.8) is 0 Å². The standard InChI is InChI=1S/C11H16N2O5S/c1-7(19(12,16)17)9-5-8(18-2)3-4-10(9)13-6-11(14)15/h3-5,7,13H,6H2,1-2H3,(H,14,15)(H2,12,16,17). The molecule has 0 heterocycles. The summed E-state index contributed by atoms with van der Waals surface area (Å²) >= 11 is 0. The molecule has 0 aliphatic rings. The first-order chi connectivity index (χ1) is 8.75. The Morgan fingerprint density at radius 2 is 2.16 bits per heavy atom. The molecule has 1 rings (SSSR count). The summed E-state index contributed by atoms with van der Waals surface area (Å²) in [7, 11) is -2.34. The van der Waals surface area contributed by atoms with Crippen LogP contribution in [0.15, 0.2) is 18.2 Å². The molecule has 0 aliphatic carbocycles. The molecule has 4 N–H and O–H groups in total. The van der Waals surface area contributed by atoms with Gasteiger partial charge in [0.05, 0.1) is 12.4 Å². The predicted molar refractivity (Wildman–Crippen MR) is 70.6 cm³/mol. The summed E-state index contributed by atoms with van der Waals surface area (Å²) in [4.78, 5) is 10.5. The number of anilines is 1. The summed E-state index contributed by atoms with van der Waals surface area (Å²) in [5.41, 5.74) is 0.757. The average Bonchev–Trinajstić information content (AvgIpc) is 2.34. The number of methoxy groups -OCH3 is 1. The van der Waals surface area contributed by atoms with Gasteiger partial charge in [-0.3, -0.25) is 4.79 Å². The van der Waals surface area contributed by atoms with Crippen molar-refractivity contribution >= 4 is 21.7 Å². The van der Waals surface area contributed by atoms with Crippen LogP contribution in [0, 0.1) is 0 Å². The third-order valence-electron chi connectivity index (χ3n) is 2.62. The SMILES string of the molecule is COc1ccc(NCC(=O)O)c(C(C)S(N)(=O)=O)c1. The third kappa shape index (κ3) is 4.11. The van der Waals surface area contributed by atoms with E-state index in [-0.39, 0.29) is 6.54 Å². The van der Waals surface area contributed by atoms with Gasteiger partial charge in [-0.1, -0.05) is 0 Å². The summed E-state index contributed by atoms with van der Waals surface area (Å²) < 4.78 is 27.8. The molecule has 0 aromatic heterocycles. The van der Waals surface area contributed by atoms with Crippen molar-refractivity contribution in [3.8, 4) is 5.75 Å². The fraction of sp³-hybridized carbons (Fsp3) is 0.364. The van der Waals surface area contributed by atoms with E-state index in [4.69, 9.17) is 15.0 Å². The maximum Gasteiger partial charge on any atom is 0.322 e. The van der Waals surface area contributed by atoms with Crippen LogP contribution in [0.2, 0.25) is 0 Å². The number of ether oxygens (including phenoxy) is 1. The van der Waals surface area contributed by atoms with Crippen LogP contribution in [0.25, 0.3) is 0 Å². The molecule has 0 fully saturated rings. The molecule has 19 heavy (non-hydrogen) atoms. The second-order valence-corrected chi connectivity index (χ2v) is 5.82. The maximum absolute atomic E-state index is 11.4. The summed E-state index contributed by atoms with van der Waals surface area (Å²) in [6.45, 7) is 1.10. The summed E-state index contributed by atoms with van der Waals surface area (Å²) in [5.74, 6) is -0.587. The number of nitrogens with one attached hydrogen (secondary N) is 1. The largest absolute Gasteiger partial charge is 0.497 e. The topological polar surface area (TPSA) is 119 Å². The third-order valence-corrected chi connectivity index (χ3v) is 3.86. The van der Waals surface area contributed by atoms with E-state index in [0.717, 1.165) is 0 Å². The lowest BCUT2D eigenvalue weighted by atomic mass is 10.1. The molecule has 1 aromatic carbocycles. The van der Waals surface area contributed by atoms with Crippen LogP contribution in [-0.4, -0.2) is 33.1 Å².